The third kappa shape index (κ3) is 60.0. The molecule has 6 nitrogen and oxygen atoms in total. The van der Waals surface area contributed by atoms with Crippen LogP contribution in [0.2, 0.25) is 0 Å². The van der Waals surface area contributed by atoms with Crippen LogP contribution in [0.25, 0.3) is 0 Å². The van der Waals surface area contributed by atoms with Crippen molar-refractivity contribution in [1.82, 2.24) is 0 Å². The second kappa shape index (κ2) is 61.8. The number of allylic oxidation sites excluding steroid dienone is 24. The summed E-state index contributed by atoms with van der Waals surface area (Å²) >= 11 is 0. The lowest BCUT2D eigenvalue weighted by atomic mass is 10.0. The van der Waals surface area contributed by atoms with E-state index in [4.69, 9.17) is 14.2 Å². The lowest BCUT2D eigenvalue weighted by Gasteiger charge is -2.18. The van der Waals surface area contributed by atoms with Gasteiger partial charge in [-0.15, -0.1) is 0 Å². The average Bonchev–Trinajstić information content (AvgIpc) is 3.41. The summed E-state index contributed by atoms with van der Waals surface area (Å²) in [5.41, 5.74) is 0. The van der Waals surface area contributed by atoms with E-state index in [0.717, 1.165) is 122 Å². The lowest BCUT2D eigenvalue weighted by molar-refractivity contribution is -0.167. The third-order valence-electron chi connectivity index (χ3n) is 12.3. The molecular formula is C69H110O6. The second-order valence-electron chi connectivity index (χ2n) is 19.5. The first-order valence-corrected chi connectivity index (χ1v) is 30.3. The molecule has 75 heavy (non-hydrogen) atoms. The summed E-state index contributed by atoms with van der Waals surface area (Å²) in [5, 5.41) is 0. The van der Waals surface area contributed by atoms with Crippen molar-refractivity contribution in [3.8, 4) is 0 Å². The van der Waals surface area contributed by atoms with Gasteiger partial charge in [0.1, 0.15) is 13.2 Å². The van der Waals surface area contributed by atoms with Gasteiger partial charge >= 0.3 is 17.9 Å². The molecule has 0 amide bonds. The monoisotopic (exact) mass is 1030 g/mol. The first kappa shape index (κ1) is 70.3. The van der Waals surface area contributed by atoms with Gasteiger partial charge in [-0.25, -0.2) is 0 Å². The molecule has 0 aromatic rings. The van der Waals surface area contributed by atoms with E-state index < -0.39 is 6.10 Å². The molecule has 0 aliphatic heterocycles. The summed E-state index contributed by atoms with van der Waals surface area (Å²) in [6, 6.07) is 0. The quantitative estimate of drug-likeness (QED) is 0.0261. The fraction of sp³-hybridized carbons (Fsp3) is 0.609. The van der Waals surface area contributed by atoms with E-state index in [1.54, 1.807) is 0 Å². The third-order valence-corrected chi connectivity index (χ3v) is 12.3. The molecule has 0 saturated heterocycles. The summed E-state index contributed by atoms with van der Waals surface area (Å²) < 4.78 is 16.8. The lowest BCUT2D eigenvalue weighted by Crippen LogP contribution is -2.30. The van der Waals surface area contributed by atoms with Crippen molar-refractivity contribution in [2.45, 2.75) is 258 Å². The summed E-state index contributed by atoms with van der Waals surface area (Å²) in [7, 11) is 0. The molecule has 6 heteroatoms. The fourth-order valence-corrected chi connectivity index (χ4v) is 7.87. The van der Waals surface area contributed by atoms with Crippen LogP contribution in [-0.2, 0) is 28.6 Å². The van der Waals surface area contributed by atoms with Gasteiger partial charge in [0, 0.05) is 19.3 Å². The molecule has 0 aromatic heterocycles. The predicted molar refractivity (Wildman–Crippen MR) is 325 cm³/mol. The number of ether oxygens (including phenoxy) is 3. The predicted octanol–water partition coefficient (Wildman–Crippen LogP) is 20.8. The van der Waals surface area contributed by atoms with Crippen molar-refractivity contribution in [1.29, 1.82) is 0 Å². The molecule has 0 heterocycles. The summed E-state index contributed by atoms with van der Waals surface area (Å²) in [6.07, 6.45) is 88.4. The van der Waals surface area contributed by atoms with Crippen LogP contribution in [0.3, 0.4) is 0 Å². The molecule has 0 saturated carbocycles. The normalized spacial score (nSPS) is 13.2. The second-order valence-corrected chi connectivity index (χ2v) is 19.5. The van der Waals surface area contributed by atoms with E-state index in [2.05, 4.69) is 167 Å². The highest BCUT2D eigenvalue weighted by atomic mass is 16.6. The Morgan fingerprint density at radius 3 is 0.867 bits per heavy atom. The van der Waals surface area contributed by atoms with Gasteiger partial charge in [0.15, 0.2) is 6.10 Å². The van der Waals surface area contributed by atoms with Gasteiger partial charge in [-0.1, -0.05) is 263 Å². The molecule has 0 N–H and O–H groups in total. The number of unbranched alkanes of at least 4 members (excludes halogenated alkanes) is 18. The number of rotatable bonds is 53. The molecule has 0 aromatic carbocycles. The molecular weight excluding hydrogens is 925 g/mol. The Kier molecular flexibility index (Phi) is 58.0. The van der Waals surface area contributed by atoms with Crippen LogP contribution in [0, 0.1) is 0 Å². The Bertz CT molecular complexity index is 1660. The van der Waals surface area contributed by atoms with E-state index in [9.17, 15) is 14.4 Å². The Hall–Kier alpha value is -4.71. The minimum absolute atomic E-state index is 0.113. The van der Waals surface area contributed by atoms with Crippen LogP contribution in [0.5, 0.6) is 0 Å². The summed E-state index contributed by atoms with van der Waals surface area (Å²) in [4.78, 5) is 38.2. The Balaban J connectivity index is 4.56. The molecule has 0 aliphatic carbocycles. The van der Waals surface area contributed by atoms with Crippen molar-refractivity contribution in [2.24, 2.45) is 0 Å². The Morgan fingerprint density at radius 1 is 0.280 bits per heavy atom. The number of esters is 3. The smallest absolute Gasteiger partial charge is 0.306 e. The maximum absolute atomic E-state index is 12.9. The fourth-order valence-electron chi connectivity index (χ4n) is 7.87. The summed E-state index contributed by atoms with van der Waals surface area (Å²) in [6.45, 7) is 6.34. The van der Waals surface area contributed by atoms with Crippen LogP contribution in [-0.4, -0.2) is 37.2 Å². The van der Waals surface area contributed by atoms with Crippen LogP contribution in [0.4, 0.5) is 0 Å². The van der Waals surface area contributed by atoms with Gasteiger partial charge in [0.25, 0.3) is 0 Å². The van der Waals surface area contributed by atoms with Crippen molar-refractivity contribution in [3.63, 3.8) is 0 Å². The highest BCUT2D eigenvalue weighted by molar-refractivity contribution is 5.71. The molecule has 0 spiro atoms. The van der Waals surface area contributed by atoms with Gasteiger partial charge in [-0.2, -0.15) is 0 Å². The van der Waals surface area contributed by atoms with Gasteiger partial charge < -0.3 is 14.2 Å². The molecule has 1 unspecified atom stereocenters. The van der Waals surface area contributed by atoms with Crippen LogP contribution < -0.4 is 0 Å². The maximum Gasteiger partial charge on any atom is 0.306 e. The standard InChI is InChI=1S/C69H110O6/c1-4-7-10-13-16-19-22-25-28-30-32-33-34-35-37-38-41-44-47-50-53-56-59-62-68(71)74-65-66(64-73-67(70)61-58-55-52-49-46-43-40-27-24-21-18-15-12-9-6-3)75-69(72)63-60-57-54-51-48-45-42-39-36-31-29-26-23-20-17-14-11-8-5-2/h7-8,10-11,16-17,19-20,25-26,28-29,32-33,35-37,39,41,44-45,48,50,53,66H,4-6,9,12-15,18,21-24,27,30-31,34,38,40,42-43,46-47,49,51-52,54-65H2,1-3H3/b10-7-,11-8-,19-16-,20-17-,28-25-,29-26-,33-32-,37-35-,39-36-,44-41-,48-45-,53-50-. The minimum atomic E-state index is -0.825. The molecule has 0 aliphatic rings. The van der Waals surface area contributed by atoms with Crippen molar-refractivity contribution in [3.05, 3.63) is 146 Å². The average molecular weight is 1040 g/mol. The topological polar surface area (TPSA) is 78.9 Å². The zero-order chi connectivity index (χ0) is 54.3. The van der Waals surface area contributed by atoms with Gasteiger partial charge in [0.2, 0.25) is 0 Å². The number of carbonyl (C=O) groups is 3. The van der Waals surface area contributed by atoms with E-state index in [1.807, 2.05) is 0 Å². The van der Waals surface area contributed by atoms with Crippen molar-refractivity contribution < 1.29 is 28.6 Å². The van der Waals surface area contributed by atoms with Crippen LogP contribution >= 0.6 is 0 Å². The first-order chi connectivity index (χ1) is 37.0. The zero-order valence-electron chi connectivity index (χ0n) is 48.3. The number of hydrogen-bond donors (Lipinski definition) is 0. The van der Waals surface area contributed by atoms with E-state index in [1.165, 1.54) is 77.0 Å². The minimum Gasteiger partial charge on any atom is -0.462 e. The molecule has 422 valence electrons. The van der Waals surface area contributed by atoms with Crippen molar-refractivity contribution >= 4 is 17.9 Å². The molecule has 0 bridgehead atoms. The molecule has 0 fully saturated rings. The Labute approximate surface area is 461 Å². The molecule has 1 atom stereocenters. The van der Waals surface area contributed by atoms with E-state index in [0.29, 0.717) is 19.3 Å². The SMILES string of the molecule is CC/C=C\C/C=C\C/C=C\C/C=C\C/C=C\C/C=C\C/C=C\CCCC(=O)OCC(COC(=O)CCCCCCCCCCCCCCCCC)OC(=O)CCCCC/C=C\C/C=C\C/C=C\C/C=C\C/C=C\CC. The van der Waals surface area contributed by atoms with Gasteiger partial charge in [0.05, 0.1) is 0 Å². The highest BCUT2D eigenvalue weighted by Crippen LogP contribution is 2.15. The van der Waals surface area contributed by atoms with Gasteiger partial charge in [-0.05, 0) is 116 Å². The molecule has 0 radical (unpaired) electrons. The highest BCUT2D eigenvalue weighted by Gasteiger charge is 2.19. The molecule has 0 rings (SSSR count). The first-order valence-electron chi connectivity index (χ1n) is 30.3. The van der Waals surface area contributed by atoms with Gasteiger partial charge in [-0.3, -0.25) is 14.4 Å². The van der Waals surface area contributed by atoms with Crippen molar-refractivity contribution in [2.75, 3.05) is 13.2 Å². The summed E-state index contributed by atoms with van der Waals surface area (Å²) in [5.74, 6) is -1.01. The number of carbonyl (C=O) groups excluding carboxylic acids is 3. The van der Waals surface area contributed by atoms with Crippen LogP contribution in [0.1, 0.15) is 252 Å². The van der Waals surface area contributed by atoms with E-state index >= 15 is 0 Å². The zero-order valence-corrected chi connectivity index (χ0v) is 48.3. The van der Waals surface area contributed by atoms with Crippen LogP contribution in [0.15, 0.2) is 146 Å². The maximum atomic E-state index is 12.9. The Morgan fingerprint density at radius 2 is 0.533 bits per heavy atom. The van der Waals surface area contributed by atoms with E-state index in [-0.39, 0.29) is 44.0 Å². The number of hydrogen-bond acceptors (Lipinski definition) is 6. The largest absolute Gasteiger partial charge is 0.462 e.